The minimum atomic E-state index is 0.0881. The lowest BCUT2D eigenvalue weighted by Crippen LogP contribution is -2.08. The smallest absolute Gasteiger partial charge is 0.204 e. The highest BCUT2D eigenvalue weighted by molar-refractivity contribution is 5.37. The third-order valence-electron chi connectivity index (χ3n) is 2.92. The number of benzene rings is 1. The van der Waals surface area contributed by atoms with Crippen LogP contribution >= 0.6 is 0 Å². The first-order valence-electron chi connectivity index (χ1n) is 4.87. The van der Waals surface area contributed by atoms with Crippen molar-refractivity contribution in [2.75, 3.05) is 0 Å². The molecule has 2 aromatic rings. The number of oxazole rings is 1. The van der Waals surface area contributed by atoms with Gasteiger partial charge in [-0.1, -0.05) is 30.3 Å². The molecule has 1 aromatic heterocycles. The molecule has 14 heavy (non-hydrogen) atoms. The Kier molecular flexibility index (Phi) is 1.51. The van der Waals surface area contributed by atoms with Gasteiger partial charge in [-0.3, -0.25) is 0 Å². The van der Waals surface area contributed by atoms with E-state index >= 15 is 0 Å². The fraction of sp³-hybridized carbons (Fsp3) is 0.250. The maximum atomic E-state index is 5.40. The first-order valence-corrected chi connectivity index (χ1v) is 4.87. The molecule has 1 aliphatic carbocycles. The van der Waals surface area contributed by atoms with Gasteiger partial charge in [0.1, 0.15) is 6.26 Å². The molecule has 2 heteroatoms. The molecule has 1 aliphatic rings. The number of hydrogen-bond donors (Lipinski definition) is 0. The van der Waals surface area contributed by atoms with Crippen molar-refractivity contribution in [1.82, 2.24) is 4.98 Å². The molecule has 70 valence electrons. The summed E-state index contributed by atoms with van der Waals surface area (Å²) in [5.41, 5.74) is 1.41. The van der Waals surface area contributed by atoms with E-state index in [0.717, 1.165) is 18.7 Å². The van der Waals surface area contributed by atoms with E-state index in [1.807, 2.05) is 6.07 Å². The van der Waals surface area contributed by atoms with E-state index in [1.54, 1.807) is 12.5 Å². The van der Waals surface area contributed by atoms with Gasteiger partial charge in [-0.05, 0) is 18.4 Å². The van der Waals surface area contributed by atoms with Gasteiger partial charge in [-0.2, -0.15) is 0 Å². The van der Waals surface area contributed by atoms with Crippen LogP contribution < -0.4 is 0 Å². The Bertz CT molecular complexity index is 415. The molecule has 0 radical (unpaired) electrons. The van der Waals surface area contributed by atoms with Crippen LogP contribution in [0.2, 0.25) is 0 Å². The number of nitrogens with zero attached hydrogens (tertiary/aromatic N) is 1. The highest BCUT2D eigenvalue weighted by atomic mass is 16.3. The number of rotatable bonds is 2. The van der Waals surface area contributed by atoms with E-state index in [1.165, 1.54) is 5.56 Å². The Morgan fingerprint density at radius 2 is 1.93 bits per heavy atom. The second-order valence-electron chi connectivity index (χ2n) is 3.79. The molecule has 0 aliphatic heterocycles. The van der Waals surface area contributed by atoms with Gasteiger partial charge in [0.15, 0.2) is 0 Å². The molecule has 0 unspecified atom stereocenters. The minimum absolute atomic E-state index is 0.0881. The fourth-order valence-electron chi connectivity index (χ4n) is 1.97. The monoisotopic (exact) mass is 185 g/mol. The summed E-state index contributed by atoms with van der Waals surface area (Å²) in [5.74, 6) is 0.865. The zero-order chi connectivity index (χ0) is 9.43. The SMILES string of the molecule is c1ccc(C2(c3ncco3)CC2)cc1. The summed E-state index contributed by atoms with van der Waals surface area (Å²) in [4.78, 5) is 4.26. The Morgan fingerprint density at radius 3 is 2.50 bits per heavy atom. The molecule has 0 amide bonds. The summed E-state index contributed by atoms with van der Waals surface area (Å²) in [6.45, 7) is 0. The van der Waals surface area contributed by atoms with Crippen LogP contribution in [0, 0.1) is 0 Å². The lowest BCUT2D eigenvalue weighted by atomic mass is 9.96. The topological polar surface area (TPSA) is 26.0 Å². The Balaban J connectivity index is 2.07. The van der Waals surface area contributed by atoms with Crippen LogP contribution in [-0.2, 0) is 5.41 Å². The highest BCUT2D eigenvalue weighted by Gasteiger charge is 2.49. The van der Waals surface area contributed by atoms with Crippen molar-refractivity contribution in [3.63, 3.8) is 0 Å². The maximum Gasteiger partial charge on any atom is 0.204 e. The number of hydrogen-bond acceptors (Lipinski definition) is 2. The Morgan fingerprint density at radius 1 is 1.14 bits per heavy atom. The summed E-state index contributed by atoms with van der Waals surface area (Å²) in [6.07, 6.45) is 5.67. The van der Waals surface area contributed by atoms with Crippen molar-refractivity contribution in [3.05, 3.63) is 54.2 Å². The molecule has 0 bridgehead atoms. The summed E-state index contributed by atoms with van der Waals surface area (Å²) >= 11 is 0. The third kappa shape index (κ3) is 1.00. The molecule has 0 spiro atoms. The van der Waals surface area contributed by atoms with Crippen LogP contribution in [0.3, 0.4) is 0 Å². The maximum absolute atomic E-state index is 5.40. The molecule has 0 saturated heterocycles. The summed E-state index contributed by atoms with van der Waals surface area (Å²) < 4.78 is 5.40. The van der Waals surface area contributed by atoms with Crippen LogP contribution in [0.25, 0.3) is 0 Å². The van der Waals surface area contributed by atoms with Crippen molar-refractivity contribution in [2.45, 2.75) is 18.3 Å². The van der Waals surface area contributed by atoms with E-state index in [4.69, 9.17) is 4.42 Å². The third-order valence-corrected chi connectivity index (χ3v) is 2.92. The summed E-state index contributed by atoms with van der Waals surface area (Å²) in [6, 6.07) is 10.5. The molecular formula is C12H11NO. The van der Waals surface area contributed by atoms with Crippen LogP contribution in [0.15, 0.2) is 47.2 Å². The molecule has 0 atom stereocenters. The molecule has 1 fully saturated rings. The van der Waals surface area contributed by atoms with E-state index < -0.39 is 0 Å². The predicted octanol–water partition coefficient (Wildman–Crippen LogP) is 2.75. The predicted molar refractivity (Wildman–Crippen MR) is 53.0 cm³/mol. The van der Waals surface area contributed by atoms with Crippen LogP contribution in [0.4, 0.5) is 0 Å². The summed E-state index contributed by atoms with van der Waals surface area (Å²) in [7, 11) is 0. The van der Waals surface area contributed by atoms with Crippen molar-refractivity contribution in [1.29, 1.82) is 0 Å². The number of aromatic nitrogens is 1. The van der Waals surface area contributed by atoms with E-state index in [-0.39, 0.29) is 5.41 Å². The molecule has 3 rings (SSSR count). The average molecular weight is 185 g/mol. The quantitative estimate of drug-likeness (QED) is 0.719. The second-order valence-corrected chi connectivity index (χ2v) is 3.79. The molecule has 1 heterocycles. The fourth-order valence-corrected chi connectivity index (χ4v) is 1.97. The van der Waals surface area contributed by atoms with Crippen LogP contribution in [0.5, 0.6) is 0 Å². The highest BCUT2D eigenvalue weighted by Crippen LogP contribution is 2.52. The van der Waals surface area contributed by atoms with Crippen LogP contribution in [-0.4, -0.2) is 4.98 Å². The van der Waals surface area contributed by atoms with Gasteiger partial charge in [0, 0.05) is 0 Å². The van der Waals surface area contributed by atoms with Crippen molar-refractivity contribution in [2.24, 2.45) is 0 Å². The minimum Gasteiger partial charge on any atom is -0.448 e. The average Bonchev–Trinajstić information content (AvgIpc) is 2.88. The summed E-state index contributed by atoms with van der Waals surface area (Å²) in [5, 5.41) is 0. The lowest BCUT2D eigenvalue weighted by Gasteiger charge is -2.10. The zero-order valence-electron chi connectivity index (χ0n) is 7.81. The van der Waals surface area contributed by atoms with Crippen molar-refractivity contribution in [3.8, 4) is 0 Å². The van der Waals surface area contributed by atoms with Gasteiger partial charge < -0.3 is 4.42 Å². The van der Waals surface area contributed by atoms with Gasteiger partial charge in [0.25, 0.3) is 0 Å². The van der Waals surface area contributed by atoms with E-state index in [0.29, 0.717) is 0 Å². The standard InChI is InChI=1S/C12H11NO/c1-2-4-10(5-3-1)12(6-7-12)11-13-8-9-14-11/h1-5,8-9H,6-7H2. The Hall–Kier alpha value is -1.57. The molecule has 2 nitrogen and oxygen atoms in total. The van der Waals surface area contributed by atoms with Crippen molar-refractivity contribution >= 4 is 0 Å². The largest absolute Gasteiger partial charge is 0.448 e. The lowest BCUT2D eigenvalue weighted by molar-refractivity contribution is 0.462. The molecule has 0 N–H and O–H groups in total. The zero-order valence-corrected chi connectivity index (χ0v) is 7.81. The molecular weight excluding hydrogens is 174 g/mol. The van der Waals surface area contributed by atoms with Crippen LogP contribution in [0.1, 0.15) is 24.3 Å². The first kappa shape index (κ1) is 7.80. The van der Waals surface area contributed by atoms with Gasteiger partial charge >= 0.3 is 0 Å². The Labute approximate surface area is 82.6 Å². The van der Waals surface area contributed by atoms with Crippen molar-refractivity contribution < 1.29 is 4.42 Å². The van der Waals surface area contributed by atoms with Gasteiger partial charge in [-0.15, -0.1) is 0 Å². The second kappa shape index (κ2) is 2.71. The van der Waals surface area contributed by atoms with E-state index in [9.17, 15) is 0 Å². The van der Waals surface area contributed by atoms with Gasteiger partial charge in [-0.25, -0.2) is 4.98 Å². The first-order chi connectivity index (χ1) is 6.92. The molecule has 1 aromatic carbocycles. The normalized spacial score (nSPS) is 18.0. The van der Waals surface area contributed by atoms with E-state index in [2.05, 4.69) is 29.2 Å². The van der Waals surface area contributed by atoms with Gasteiger partial charge in [0.2, 0.25) is 5.89 Å². The molecule has 1 saturated carbocycles. The van der Waals surface area contributed by atoms with Gasteiger partial charge in [0.05, 0.1) is 11.6 Å².